The van der Waals surface area contributed by atoms with Gasteiger partial charge in [-0.05, 0) is 38.1 Å². The molecule has 0 radical (unpaired) electrons. The number of hydrogen-bond acceptors (Lipinski definition) is 4. The molecule has 0 heterocycles. The predicted octanol–water partition coefficient (Wildman–Crippen LogP) is 4.44. The van der Waals surface area contributed by atoms with Crippen molar-refractivity contribution in [1.29, 1.82) is 0 Å². The fourth-order valence-electron chi connectivity index (χ4n) is 2.03. The van der Waals surface area contributed by atoms with E-state index in [9.17, 15) is 5.21 Å². The summed E-state index contributed by atoms with van der Waals surface area (Å²) in [6, 6.07) is 7.85. The number of rotatable bonds is 8. The molecule has 0 saturated heterocycles. The maximum Gasteiger partial charge on any atom is 0.143 e. The highest BCUT2D eigenvalue weighted by molar-refractivity contribution is 9.10. The van der Waals surface area contributed by atoms with Crippen LogP contribution in [0.4, 0.5) is 0 Å². The normalized spacial score (nSPS) is 12.1. The lowest BCUT2D eigenvalue weighted by Gasteiger charge is -2.20. The van der Waals surface area contributed by atoms with E-state index in [1.165, 1.54) is 12.8 Å². The van der Waals surface area contributed by atoms with Crippen LogP contribution < -0.4 is 0 Å². The molecule has 0 bridgehead atoms. The van der Waals surface area contributed by atoms with Crippen molar-refractivity contribution in [2.75, 3.05) is 25.4 Å². The first-order chi connectivity index (χ1) is 9.71. The van der Waals surface area contributed by atoms with E-state index in [0.29, 0.717) is 5.04 Å². The van der Waals surface area contributed by atoms with Crippen molar-refractivity contribution >= 4 is 32.7 Å². The molecule has 1 N–H and O–H groups in total. The summed E-state index contributed by atoms with van der Waals surface area (Å²) in [6.07, 6.45) is 2.36. The van der Waals surface area contributed by atoms with E-state index >= 15 is 0 Å². The molecule has 0 fully saturated rings. The van der Waals surface area contributed by atoms with Gasteiger partial charge in [-0.25, -0.2) is 0 Å². The molecule has 0 atom stereocenters. The molecule has 0 spiro atoms. The van der Waals surface area contributed by atoms with E-state index in [1.807, 2.05) is 24.3 Å². The molecule has 5 heteroatoms. The molecule has 0 unspecified atom stereocenters. The minimum Gasteiger partial charge on any atom is -0.410 e. The first-order valence-electron chi connectivity index (χ1n) is 7.04. The van der Waals surface area contributed by atoms with Crippen molar-refractivity contribution in [3.63, 3.8) is 0 Å². The van der Waals surface area contributed by atoms with Crippen LogP contribution in [0.2, 0.25) is 0 Å². The number of nitrogens with zero attached hydrogens (tertiary/aromatic N) is 2. The number of hydrogen-bond donors (Lipinski definition) is 1. The molecule has 3 nitrogen and oxygen atoms in total. The van der Waals surface area contributed by atoms with E-state index in [4.69, 9.17) is 0 Å². The monoisotopic (exact) mass is 358 g/mol. The third kappa shape index (κ3) is 6.29. The summed E-state index contributed by atoms with van der Waals surface area (Å²) in [5.41, 5.74) is 0.949. The van der Waals surface area contributed by atoms with Crippen LogP contribution in [0.15, 0.2) is 33.9 Å². The standard InChI is InChI=1S/C15H23BrN2OS/c1-3-8-18(9-4-2)10-11-20-15(17-19)13-6-5-7-14(16)12-13/h5-7,12,19H,3-4,8-11H2,1-2H3/b17-15+. The Hall–Kier alpha value is -0.520. The highest BCUT2D eigenvalue weighted by Gasteiger charge is 2.08. The summed E-state index contributed by atoms with van der Waals surface area (Å²) >= 11 is 5.04. The lowest BCUT2D eigenvalue weighted by molar-refractivity contribution is 0.292. The Morgan fingerprint density at radius 1 is 1.25 bits per heavy atom. The summed E-state index contributed by atoms with van der Waals surface area (Å²) in [7, 11) is 0. The van der Waals surface area contributed by atoms with Crippen LogP contribution in [-0.4, -0.2) is 40.5 Å². The highest BCUT2D eigenvalue weighted by atomic mass is 79.9. The maximum absolute atomic E-state index is 9.18. The molecule has 0 aromatic heterocycles. The lowest BCUT2D eigenvalue weighted by atomic mass is 10.2. The summed E-state index contributed by atoms with van der Waals surface area (Å²) in [4.78, 5) is 2.46. The largest absolute Gasteiger partial charge is 0.410 e. The molecule has 0 aliphatic heterocycles. The molecule has 0 saturated carbocycles. The zero-order valence-electron chi connectivity index (χ0n) is 12.2. The van der Waals surface area contributed by atoms with Gasteiger partial charge in [-0.3, -0.25) is 0 Å². The fraction of sp³-hybridized carbons (Fsp3) is 0.533. The summed E-state index contributed by atoms with van der Waals surface area (Å²) in [5, 5.41) is 13.3. The number of benzene rings is 1. The zero-order chi connectivity index (χ0) is 14.8. The molecule has 1 aromatic carbocycles. The van der Waals surface area contributed by atoms with E-state index < -0.39 is 0 Å². The van der Waals surface area contributed by atoms with Gasteiger partial charge in [-0.15, -0.1) is 11.8 Å². The summed E-state index contributed by atoms with van der Waals surface area (Å²) < 4.78 is 0.996. The van der Waals surface area contributed by atoms with Crippen molar-refractivity contribution in [2.45, 2.75) is 26.7 Å². The summed E-state index contributed by atoms with van der Waals surface area (Å²) in [5.74, 6) is 0.936. The molecule has 0 aliphatic carbocycles. The Balaban J connectivity index is 2.50. The van der Waals surface area contributed by atoms with Gasteiger partial charge in [0.05, 0.1) is 0 Å². The third-order valence-electron chi connectivity index (χ3n) is 2.89. The average Bonchev–Trinajstić information content (AvgIpc) is 2.44. The molecular formula is C15H23BrN2OS. The topological polar surface area (TPSA) is 35.8 Å². The molecule has 112 valence electrons. The van der Waals surface area contributed by atoms with Crippen LogP contribution >= 0.6 is 27.7 Å². The SMILES string of the molecule is CCCN(CCC)CCS/C(=N/O)c1cccc(Br)c1. The Morgan fingerprint density at radius 2 is 1.95 bits per heavy atom. The number of halogens is 1. The molecule has 0 aliphatic rings. The van der Waals surface area contributed by atoms with Crippen LogP contribution in [0.3, 0.4) is 0 Å². The van der Waals surface area contributed by atoms with Crippen LogP contribution in [-0.2, 0) is 0 Å². The lowest BCUT2D eigenvalue weighted by Crippen LogP contribution is -2.28. The second-order valence-corrected chi connectivity index (χ2v) is 6.60. The molecule has 0 amide bonds. The van der Waals surface area contributed by atoms with Crippen molar-refractivity contribution < 1.29 is 5.21 Å². The van der Waals surface area contributed by atoms with E-state index in [-0.39, 0.29) is 0 Å². The Kier molecular flexibility index (Phi) is 8.98. The first-order valence-corrected chi connectivity index (χ1v) is 8.82. The first kappa shape index (κ1) is 17.5. The quantitative estimate of drug-likeness (QED) is 0.323. The van der Waals surface area contributed by atoms with Crippen LogP contribution in [0.25, 0.3) is 0 Å². The van der Waals surface area contributed by atoms with Crippen molar-refractivity contribution in [2.24, 2.45) is 5.16 Å². The van der Waals surface area contributed by atoms with Crippen molar-refractivity contribution in [3.05, 3.63) is 34.3 Å². The second-order valence-electron chi connectivity index (χ2n) is 4.61. The van der Waals surface area contributed by atoms with Gasteiger partial charge < -0.3 is 10.1 Å². The second kappa shape index (κ2) is 10.2. The third-order valence-corrected chi connectivity index (χ3v) is 4.36. The predicted molar refractivity (Wildman–Crippen MR) is 91.9 cm³/mol. The van der Waals surface area contributed by atoms with Gasteiger partial charge in [0.25, 0.3) is 0 Å². The Labute approximate surface area is 134 Å². The van der Waals surface area contributed by atoms with Gasteiger partial charge in [0, 0.05) is 22.3 Å². The van der Waals surface area contributed by atoms with Crippen molar-refractivity contribution in [3.8, 4) is 0 Å². The van der Waals surface area contributed by atoms with Gasteiger partial charge in [-0.1, -0.05) is 47.1 Å². The molecule has 1 rings (SSSR count). The molecule has 1 aromatic rings. The van der Waals surface area contributed by atoms with Crippen LogP contribution in [0, 0.1) is 0 Å². The van der Waals surface area contributed by atoms with Crippen LogP contribution in [0.1, 0.15) is 32.3 Å². The Morgan fingerprint density at radius 3 is 2.50 bits per heavy atom. The van der Waals surface area contributed by atoms with Crippen molar-refractivity contribution in [1.82, 2.24) is 4.90 Å². The smallest absolute Gasteiger partial charge is 0.143 e. The van der Waals surface area contributed by atoms with Gasteiger partial charge >= 0.3 is 0 Å². The number of thioether (sulfide) groups is 1. The van der Waals surface area contributed by atoms with E-state index in [2.05, 4.69) is 39.8 Å². The van der Waals surface area contributed by atoms with Gasteiger partial charge in [-0.2, -0.15) is 0 Å². The average molecular weight is 359 g/mol. The minimum absolute atomic E-state index is 0.680. The maximum atomic E-state index is 9.18. The van der Waals surface area contributed by atoms with Gasteiger partial charge in [0.2, 0.25) is 0 Å². The number of oxime groups is 1. The summed E-state index contributed by atoms with van der Waals surface area (Å²) in [6.45, 7) is 7.71. The zero-order valence-corrected chi connectivity index (χ0v) is 14.6. The Bertz CT molecular complexity index is 420. The minimum atomic E-state index is 0.680. The molecule has 20 heavy (non-hydrogen) atoms. The van der Waals surface area contributed by atoms with Crippen LogP contribution in [0.5, 0.6) is 0 Å². The van der Waals surface area contributed by atoms with E-state index in [0.717, 1.165) is 35.4 Å². The van der Waals surface area contributed by atoms with Gasteiger partial charge in [0.15, 0.2) is 0 Å². The fourth-order valence-corrected chi connectivity index (χ4v) is 3.32. The molecular weight excluding hydrogens is 336 g/mol. The van der Waals surface area contributed by atoms with Gasteiger partial charge in [0.1, 0.15) is 5.04 Å². The highest BCUT2D eigenvalue weighted by Crippen LogP contribution is 2.18. The van der Waals surface area contributed by atoms with E-state index in [1.54, 1.807) is 11.8 Å².